The highest BCUT2D eigenvalue weighted by Crippen LogP contribution is 2.33. The summed E-state index contributed by atoms with van der Waals surface area (Å²) in [6.07, 6.45) is 0.845. The number of anilines is 1. The van der Waals surface area contributed by atoms with Gasteiger partial charge in [-0.25, -0.2) is 14.8 Å². The van der Waals surface area contributed by atoms with Gasteiger partial charge in [-0.2, -0.15) is 0 Å². The van der Waals surface area contributed by atoms with Crippen LogP contribution >= 0.6 is 23.2 Å². The number of amides is 2. The summed E-state index contributed by atoms with van der Waals surface area (Å²) in [6.45, 7) is 6.16. The molecular weight excluding hydrogens is 453 g/mol. The number of halogens is 2. The van der Waals surface area contributed by atoms with Gasteiger partial charge in [0.2, 0.25) is 5.91 Å². The summed E-state index contributed by atoms with van der Waals surface area (Å²) in [5.41, 5.74) is 3.04. The van der Waals surface area contributed by atoms with Crippen LogP contribution in [0.15, 0.2) is 18.2 Å². The van der Waals surface area contributed by atoms with Gasteiger partial charge in [0, 0.05) is 30.6 Å². The Bertz CT molecular complexity index is 1020. The number of nitrogens with zero attached hydrogens (tertiary/aromatic N) is 3. The lowest BCUT2D eigenvalue weighted by molar-refractivity contribution is -0.119. The smallest absolute Gasteiger partial charge is 0.409 e. The SMILES string of the molecule is CCc1nc(-c2ccc(Cl)cc2Cl)c(CC)nc1N[C@@H]1CN(C(=O)OC)C[C@@H]1NC(C)=O. The van der Waals surface area contributed by atoms with Crippen molar-refractivity contribution < 1.29 is 14.3 Å². The van der Waals surface area contributed by atoms with Crippen molar-refractivity contribution in [2.24, 2.45) is 0 Å². The lowest BCUT2D eigenvalue weighted by Crippen LogP contribution is -2.45. The van der Waals surface area contributed by atoms with Gasteiger partial charge in [-0.15, -0.1) is 0 Å². The largest absolute Gasteiger partial charge is 0.453 e. The molecule has 1 aliphatic rings. The maximum Gasteiger partial charge on any atom is 0.409 e. The third kappa shape index (κ3) is 5.24. The Kier molecular flexibility index (Phi) is 7.79. The zero-order valence-corrected chi connectivity index (χ0v) is 20.0. The van der Waals surface area contributed by atoms with E-state index in [4.69, 9.17) is 37.9 Å². The van der Waals surface area contributed by atoms with E-state index >= 15 is 0 Å². The predicted octanol–water partition coefficient (Wildman–Crippen LogP) is 3.94. The summed E-state index contributed by atoms with van der Waals surface area (Å²) in [5.74, 6) is 0.461. The predicted molar refractivity (Wildman–Crippen MR) is 125 cm³/mol. The number of aromatic nitrogens is 2. The Morgan fingerprint density at radius 2 is 1.81 bits per heavy atom. The molecule has 3 rings (SSSR count). The minimum atomic E-state index is -0.437. The molecule has 0 unspecified atom stereocenters. The van der Waals surface area contributed by atoms with Crippen LogP contribution in [-0.2, 0) is 22.4 Å². The Hall–Kier alpha value is -2.58. The molecule has 172 valence electrons. The van der Waals surface area contributed by atoms with Crippen molar-refractivity contribution in [1.29, 1.82) is 0 Å². The highest BCUT2D eigenvalue weighted by molar-refractivity contribution is 6.36. The van der Waals surface area contributed by atoms with Crippen molar-refractivity contribution in [2.45, 2.75) is 45.7 Å². The molecule has 2 N–H and O–H groups in total. The number of carbonyl (C=O) groups is 2. The first kappa shape index (κ1) is 24.1. The van der Waals surface area contributed by atoms with Crippen LogP contribution in [0.3, 0.4) is 0 Å². The minimum Gasteiger partial charge on any atom is -0.453 e. The zero-order chi connectivity index (χ0) is 23.4. The molecule has 2 aromatic rings. The van der Waals surface area contributed by atoms with Crippen LogP contribution in [0.2, 0.25) is 10.0 Å². The van der Waals surface area contributed by atoms with Crippen LogP contribution in [0.1, 0.15) is 32.2 Å². The monoisotopic (exact) mass is 479 g/mol. The number of methoxy groups -OCH3 is 1. The van der Waals surface area contributed by atoms with E-state index in [0.717, 1.165) is 22.6 Å². The minimum absolute atomic E-state index is 0.169. The molecule has 8 nitrogen and oxygen atoms in total. The van der Waals surface area contributed by atoms with E-state index < -0.39 is 6.09 Å². The molecule has 1 saturated heterocycles. The molecule has 0 saturated carbocycles. The highest BCUT2D eigenvalue weighted by Gasteiger charge is 2.37. The van der Waals surface area contributed by atoms with Crippen LogP contribution in [0.4, 0.5) is 10.6 Å². The fourth-order valence-corrected chi connectivity index (χ4v) is 4.32. The second-order valence-electron chi connectivity index (χ2n) is 7.58. The number of aryl methyl sites for hydroxylation is 2. The number of nitrogens with one attached hydrogen (secondary N) is 2. The number of hydrogen-bond acceptors (Lipinski definition) is 6. The van der Waals surface area contributed by atoms with Gasteiger partial charge in [-0.3, -0.25) is 4.79 Å². The van der Waals surface area contributed by atoms with Crippen molar-refractivity contribution in [3.05, 3.63) is 39.6 Å². The summed E-state index contributed by atoms with van der Waals surface area (Å²) in [7, 11) is 1.34. The van der Waals surface area contributed by atoms with E-state index in [9.17, 15) is 9.59 Å². The van der Waals surface area contributed by atoms with Gasteiger partial charge in [0.05, 0.1) is 41.3 Å². The molecular formula is C22H27Cl2N5O3. The number of carbonyl (C=O) groups excluding carboxylic acids is 2. The summed E-state index contributed by atoms with van der Waals surface area (Å²) >= 11 is 12.5. The Balaban J connectivity index is 1.96. The maximum absolute atomic E-state index is 12.0. The van der Waals surface area contributed by atoms with E-state index in [-0.39, 0.29) is 18.0 Å². The Morgan fingerprint density at radius 1 is 1.12 bits per heavy atom. The van der Waals surface area contributed by atoms with Crippen molar-refractivity contribution >= 4 is 41.0 Å². The topological polar surface area (TPSA) is 96.5 Å². The first-order valence-electron chi connectivity index (χ1n) is 10.5. The standard InChI is InChI=1S/C22H27Cl2N5O3/c1-5-16-20(14-8-7-13(23)9-15(14)24)26-17(6-2)21(27-16)28-19-11-29(22(31)32-4)10-18(19)25-12(3)30/h7-9,18-19H,5-6,10-11H2,1-4H3,(H,25,30)(H,27,28)/t18-,19+/m0/s1. The van der Waals surface area contributed by atoms with Gasteiger partial charge >= 0.3 is 6.09 Å². The van der Waals surface area contributed by atoms with Crippen LogP contribution < -0.4 is 10.6 Å². The molecule has 2 amide bonds. The van der Waals surface area contributed by atoms with E-state index in [0.29, 0.717) is 41.8 Å². The van der Waals surface area contributed by atoms with E-state index in [2.05, 4.69) is 10.6 Å². The molecule has 1 aromatic carbocycles. The third-order valence-electron chi connectivity index (χ3n) is 5.36. The summed E-state index contributed by atoms with van der Waals surface area (Å²) in [4.78, 5) is 35.0. The van der Waals surface area contributed by atoms with Crippen molar-refractivity contribution in [3.8, 4) is 11.3 Å². The van der Waals surface area contributed by atoms with E-state index in [1.54, 1.807) is 17.0 Å². The van der Waals surface area contributed by atoms with Gasteiger partial charge in [0.1, 0.15) is 5.82 Å². The molecule has 0 bridgehead atoms. The van der Waals surface area contributed by atoms with Crippen LogP contribution in [-0.4, -0.2) is 59.2 Å². The molecule has 0 aliphatic carbocycles. The van der Waals surface area contributed by atoms with E-state index in [1.807, 2.05) is 19.9 Å². The summed E-state index contributed by atoms with van der Waals surface area (Å²) < 4.78 is 4.85. The second kappa shape index (κ2) is 10.4. The highest BCUT2D eigenvalue weighted by atomic mass is 35.5. The van der Waals surface area contributed by atoms with Crippen LogP contribution in [0, 0.1) is 0 Å². The molecule has 1 fully saturated rings. The molecule has 0 spiro atoms. The number of hydrogen-bond donors (Lipinski definition) is 2. The molecule has 10 heteroatoms. The molecule has 32 heavy (non-hydrogen) atoms. The molecule has 2 atom stereocenters. The van der Waals surface area contributed by atoms with Gasteiger partial charge < -0.3 is 20.3 Å². The van der Waals surface area contributed by atoms with E-state index in [1.165, 1.54) is 14.0 Å². The zero-order valence-electron chi connectivity index (χ0n) is 18.5. The van der Waals surface area contributed by atoms with Crippen molar-refractivity contribution in [2.75, 3.05) is 25.5 Å². The average Bonchev–Trinajstić information content (AvgIpc) is 3.14. The van der Waals surface area contributed by atoms with Crippen molar-refractivity contribution in [1.82, 2.24) is 20.2 Å². The fourth-order valence-electron chi connectivity index (χ4n) is 3.82. The quantitative estimate of drug-likeness (QED) is 0.650. The normalized spacial score (nSPS) is 17.9. The van der Waals surface area contributed by atoms with Crippen LogP contribution in [0.25, 0.3) is 11.3 Å². The van der Waals surface area contributed by atoms with Gasteiger partial charge in [0.25, 0.3) is 0 Å². The van der Waals surface area contributed by atoms with Crippen molar-refractivity contribution in [3.63, 3.8) is 0 Å². The van der Waals surface area contributed by atoms with Gasteiger partial charge in [0.15, 0.2) is 0 Å². The van der Waals surface area contributed by atoms with Gasteiger partial charge in [-0.05, 0) is 31.0 Å². The first-order valence-corrected chi connectivity index (χ1v) is 11.2. The van der Waals surface area contributed by atoms with Crippen LogP contribution in [0.5, 0.6) is 0 Å². The number of ether oxygens (including phenoxy) is 1. The molecule has 0 radical (unpaired) electrons. The molecule has 1 aromatic heterocycles. The Labute approximate surface area is 197 Å². The summed E-state index contributed by atoms with van der Waals surface area (Å²) in [6, 6.07) is 4.79. The summed E-state index contributed by atoms with van der Waals surface area (Å²) in [5, 5.41) is 7.39. The fraction of sp³-hybridized carbons (Fsp3) is 0.455. The average molecular weight is 480 g/mol. The number of rotatable bonds is 6. The Morgan fingerprint density at radius 3 is 2.41 bits per heavy atom. The molecule has 1 aliphatic heterocycles. The lowest BCUT2D eigenvalue weighted by atomic mass is 10.1. The first-order chi connectivity index (χ1) is 15.3. The lowest BCUT2D eigenvalue weighted by Gasteiger charge is -2.23. The van der Waals surface area contributed by atoms with Gasteiger partial charge in [-0.1, -0.05) is 37.0 Å². The number of benzene rings is 1. The number of likely N-dealkylation sites (tertiary alicyclic amines) is 1. The third-order valence-corrected chi connectivity index (χ3v) is 5.91. The molecule has 2 heterocycles. The maximum atomic E-state index is 12.0. The second-order valence-corrected chi connectivity index (χ2v) is 8.42.